The van der Waals surface area contributed by atoms with E-state index < -0.39 is 11.4 Å². The van der Waals surface area contributed by atoms with Gasteiger partial charge in [0.05, 0.1) is 16.9 Å². The molecule has 2 rings (SSSR count). The van der Waals surface area contributed by atoms with Crippen molar-refractivity contribution in [3.8, 4) is 0 Å². The van der Waals surface area contributed by atoms with Crippen LogP contribution in [0, 0.1) is 5.41 Å². The number of carbonyl (C=O) groups is 2. The van der Waals surface area contributed by atoms with Gasteiger partial charge in [-0.15, -0.1) is 11.3 Å². The molecule has 21 heavy (non-hydrogen) atoms. The fourth-order valence-corrected chi connectivity index (χ4v) is 3.75. The number of hydrogen-bond donors (Lipinski definition) is 1. The Morgan fingerprint density at radius 2 is 2.29 bits per heavy atom. The number of halogens is 1. The molecule has 1 N–H and O–H groups in total. The maximum absolute atomic E-state index is 12.5. The molecule has 1 saturated heterocycles. The fraction of sp³-hybridized carbons (Fsp3) is 0.571. The predicted molar refractivity (Wildman–Crippen MR) is 80.9 cm³/mol. The lowest BCUT2D eigenvalue weighted by atomic mass is 9.88. The topological polar surface area (TPSA) is 66.8 Å². The molecule has 1 aliphatic heterocycles. The average Bonchev–Trinajstić information content (AvgIpc) is 3.05. The number of methoxy groups -OCH3 is 1. The Hall–Kier alpha value is -1.11. The molecule has 5 nitrogen and oxygen atoms in total. The molecule has 2 atom stereocenters. The summed E-state index contributed by atoms with van der Waals surface area (Å²) in [4.78, 5) is 26.5. The summed E-state index contributed by atoms with van der Waals surface area (Å²) in [5, 5.41) is 9.42. The largest absolute Gasteiger partial charge is 0.481 e. The zero-order chi connectivity index (χ0) is 15.6. The molecule has 1 aliphatic rings. The Balaban J connectivity index is 2.09. The van der Waals surface area contributed by atoms with Crippen LogP contribution in [0.5, 0.6) is 0 Å². The van der Waals surface area contributed by atoms with Crippen LogP contribution in [0.2, 0.25) is 4.34 Å². The number of ether oxygens (including phenoxy) is 1. The number of hydrogen-bond acceptors (Lipinski definition) is 4. The summed E-state index contributed by atoms with van der Waals surface area (Å²) in [5.41, 5.74) is -0.989. The average molecular weight is 332 g/mol. The molecule has 0 radical (unpaired) electrons. The second-order valence-corrected chi connectivity index (χ2v) is 7.14. The highest BCUT2D eigenvalue weighted by molar-refractivity contribution is 7.16. The molecule has 1 fully saturated rings. The minimum atomic E-state index is -0.989. The third kappa shape index (κ3) is 3.22. The van der Waals surface area contributed by atoms with Crippen LogP contribution in [0.4, 0.5) is 0 Å². The monoisotopic (exact) mass is 331 g/mol. The lowest BCUT2D eigenvalue weighted by Gasteiger charge is -2.25. The number of rotatable bonds is 5. The van der Waals surface area contributed by atoms with Gasteiger partial charge in [-0.3, -0.25) is 9.59 Å². The summed E-state index contributed by atoms with van der Waals surface area (Å²) in [5.74, 6) is -1.28. The molecule has 0 aliphatic carbocycles. The van der Waals surface area contributed by atoms with E-state index in [1.165, 1.54) is 18.4 Å². The van der Waals surface area contributed by atoms with Crippen LogP contribution in [0.15, 0.2) is 12.1 Å². The van der Waals surface area contributed by atoms with Gasteiger partial charge in [-0.1, -0.05) is 11.6 Å². The van der Waals surface area contributed by atoms with Crippen molar-refractivity contribution in [2.75, 3.05) is 26.8 Å². The van der Waals surface area contributed by atoms with Gasteiger partial charge in [0.15, 0.2) is 0 Å². The highest BCUT2D eigenvalue weighted by atomic mass is 35.5. The van der Waals surface area contributed by atoms with Crippen LogP contribution in [0.1, 0.15) is 24.1 Å². The molecule has 0 bridgehead atoms. The van der Waals surface area contributed by atoms with E-state index in [-0.39, 0.29) is 25.0 Å². The summed E-state index contributed by atoms with van der Waals surface area (Å²) in [6.45, 7) is 2.57. The first-order valence-electron chi connectivity index (χ1n) is 6.66. The third-order valence-corrected chi connectivity index (χ3v) is 5.34. The first-order valence-corrected chi connectivity index (χ1v) is 7.85. The molecule has 1 aromatic heterocycles. The van der Waals surface area contributed by atoms with E-state index in [1.807, 2.05) is 13.0 Å². The maximum atomic E-state index is 12.5. The number of aliphatic carboxylic acids is 1. The van der Waals surface area contributed by atoms with Gasteiger partial charge in [-0.05, 0) is 25.5 Å². The molecule has 1 amide bonds. The number of amides is 1. The Labute approximate surface area is 132 Å². The molecule has 1 aromatic rings. The lowest BCUT2D eigenvalue weighted by Crippen LogP contribution is -2.41. The highest BCUT2D eigenvalue weighted by Crippen LogP contribution is 2.35. The Morgan fingerprint density at radius 1 is 1.57 bits per heavy atom. The number of carbonyl (C=O) groups excluding carboxylic acids is 1. The predicted octanol–water partition coefficient (Wildman–Crippen LogP) is 2.45. The van der Waals surface area contributed by atoms with E-state index in [2.05, 4.69) is 0 Å². The molecular formula is C14H18ClNO4S. The van der Waals surface area contributed by atoms with Crippen LogP contribution in [0.3, 0.4) is 0 Å². The van der Waals surface area contributed by atoms with Gasteiger partial charge in [0.2, 0.25) is 5.91 Å². The van der Waals surface area contributed by atoms with Crippen LogP contribution < -0.4 is 0 Å². The normalized spacial score (nSPS) is 23.3. The Kier molecular flexibility index (Phi) is 4.91. The zero-order valence-corrected chi connectivity index (χ0v) is 13.5. The smallest absolute Gasteiger partial charge is 0.313 e. The Bertz CT molecular complexity index is 547. The van der Waals surface area contributed by atoms with Crippen LogP contribution in [-0.4, -0.2) is 48.7 Å². The minimum Gasteiger partial charge on any atom is -0.481 e. The number of likely N-dealkylation sites (tertiary alicyclic amines) is 1. The van der Waals surface area contributed by atoms with Gasteiger partial charge in [0, 0.05) is 25.1 Å². The van der Waals surface area contributed by atoms with Crippen molar-refractivity contribution in [1.82, 2.24) is 4.90 Å². The van der Waals surface area contributed by atoms with Gasteiger partial charge >= 0.3 is 5.97 Å². The molecule has 0 saturated carbocycles. The zero-order valence-electron chi connectivity index (χ0n) is 12.0. The van der Waals surface area contributed by atoms with E-state index >= 15 is 0 Å². The molecule has 2 unspecified atom stereocenters. The van der Waals surface area contributed by atoms with Crippen LogP contribution in [0.25, 0.3) is 0 Å². The van der Waals surface area contributed by atoms with E-state index in [9.17, 15) is 14.7 Å². The summed E-state index contributed by atoms with van der Waals surface area (Å²) < 4.78 is 5.68. The fourth-order valence-electron chi connectivity index (χ4n) is 2.65. The van der Waals surface area contributed by atoms with Crippen molar-refractivity contribution >= 4 is 34.8 Å². The van der Waals surface area contributed by atoms with Gasteiger partial charge in [0.25, 0.3) is 0 Å². The first-order chi connectivity index (χ1) is 9.89. The summed E-state index contributed by atoms with van der Waals surface area (Å²) in [7, 11) is 1.48. The summed E-state index contributed by atoms with van der Waals surface area (Å²) in [6.07, 6.45) is 0.416. The second kappa shape index (κ2) is 6.34. The molecule has 2 heterocycles. The van der Waals surface area contributed by atoms with Crippen molar-refractivity contribution in [2.24, 2.45) is 5.41 Å². The van der Waals surface area contributed by atoms with Crippen molar-refractivity contribution in [1.29, 1.82) is 0 Å². The van der Waals surface area contributed by atoms with E-state index in [4.69, 9.17) is 16.3 Å². The van der Waals surface area contributed by atoms with Crippen molar-refractivity contribution in [3.63, 3.8) is 0 Å². The summed E-state index contributed by atoms with van der Waals surface area (Å²) in [6, 6.07) is 3.60. The number of carboxylic acids is 1. The number of thiophene rings is 1. The van der Waals surface area contributed by atoms with Crippen molar-refractivity contribution in [3.05, 3.63) is 21.3 Å². The van der Waals surface area contributed by atoms with E-state index in [0.717, 1.165) is 4.88 Å². The lowest BCUT2D eigenvalue weighted by molar-refractivity contribution is -0.151. The van der Waals surface area contributed by atoms with Crippen molar-refractivity contribution < 1.29 is 19.4 Å². The maximum Gasteiger partial charge on any atom is 0.313 e. The summed E-state index contributed by atoms with van der Waals surface area (Å²) >= 11 is 7.27. The Morgan fingerprint density at radius 3 is 2.81 bits per heavy atom. The molecular weight excluding hydrogens is 314 g/mol. The molecule has 0 spiro atoms. The van der Waals surface area contributed by atoms with E-state index in [0.29, 0.717) is 17.3 Å². The first kappa shape index (κ1) is 16.3. The quantitative estimate of drug-likeness (QED) is 0.900. The number of nitrogens with zero attached hydrogens (tertiary/aromatic N) is 1. The minimum absolute atomic E-state index is 0.0623. The SMILES string of the molecule is COCC1(C(=O)O)CCN(C(=O)C(C)c2ccc(Cl)s2)C1. The molecule has 116 valence electrons. The molecule has 7 heteroatoms. The van der Waals surface area contributed by atoms with Gasteiger partial charge < -0.3 is 14.7 Å². The van der Waals surface area contributed by atoms with Gasteiger partial charge in [-0.25, -0.2) is 0 Å². The highest BCUT2D eigenvalue weighted by Gasteiger charge is 2.47. The van der Waals surface area contributed by atoms with Crippen molar-refractivity contribution in [2.45, 2.75) is 19.3 Å². The van der Waals surface area contributed by atoms with Crippen LogP contribution >= 0.6 is 22.9 Å². The second-order valence-electron chi connectivity index (χ2n) is 5.39. The van der Waals surface area contributed by atoms with Crippen LogP contribution in [-0.2, 0) is 14.3 Å². The van der Waals surface area contributed by atoms with E-state index in [1.54, 1.807) is 11.0 Å². The van der Waals surface area contributed by atoms with Gasteiger partial charge in [0.1, 0.15) is 5.41 Å². The standard InChI is InChI=1S/C14H18ClNO4S/c1-9(10-3-4-11(15)21-10)12(17)16-6-5-14(7-16,8-20-2)13(18)19/h3-4,9H,5-8H2,1-2H3,(H,18,19). The third-order valence-electron chi connectivity index (χ3n) is 3.93. The van der Waals surface area contributed by atoms with Gasteiger partial charge in [-0.2, -0.15) is 0 Å². The number of carboxylic acid groups (broad SMARTS) is 1. The molecule has 0 aromatic carbocycles.